The number of nitrogens with one attached hydrogen (secondary N) is 1. The van der Waals surface area contributed by atoms with Crippen molar-refractivity contribution in [2.45, 2.75) is 32.7 Å². The van der Waals surface area contributed by atoms with Gasteiger partial charge in [-0.05, 0) is 30.4 Å². The summed E-state index contributed by atoms with van der Waals surface area (Å²) < 4.78 is 13.3. The molecule has 18 heavy (non-hydrogen) atoms. The summed E-state index contributed by atoms with van der Waals surface area (Å²) in [5.74, 6) is -0.0180. The molecule has 0 unspecified atom stereocenters. The summed E-state index contributed by atoms with van der Waals surface area (Å²) in [6, 6.07) is 6.09. The van der Waals surface area contributed by atoms with E-state index in [2.05, 4.69) is 5.32 Å². The first kappa shape index (κ1) is 14.6. The van der Waals surface area contributed by atoms with Crippen LogP contribution in [0.2, 0.25) is 0 Å². The third-order valence-corrected chi connectivity index (χ3v) is 2.71. The molecule has 0 aliphatic heterocycles. The van der Waals surface area contributed by atoms with Crippen LogP contribution in [-0.2, 0) is 11.2 Å². The standard InChI is InChI=1S/C14H21FN2O/c1-10(2)9-13(16)14(18)17-8-7-11-5-3-4-6-12(11)15/h3-6,10,13H,7-9,16H2,1-2H3,(H,17,18)/t13-/m1/s1. The van der Waals surface area contributed by atoms with Crippen molar-refractivity contribution >= 4 is 5.91 Å². The van der Waals surface area contributed by atoms with E-state index >= 15 is 0 Å². The first-order chi connectivity index (χ1) is 8.50. The van der Waals surface area contributed by atoms with Crippen molar-refractivity contribution in [2.75, 3.05) is 6.54 Å². The van der Waals surface area contributed by atoms with Crippen LogP contribution < -0.4 is 11.1 Å². The van der Waals surface area contributed by atoms with Gasteiger partial charge >= 0.3 is 0 Å². The molecule has 4 heteroatoms. The molecule has 1 aromatic carbocycles. The van der Waals surface area contributed by atoms with Gasteiger partial charge in [-0.1, -0.05) is 32.0 Å². The Morgan fingerprint density at radius 1 is 1.39 bits per heavy atom. The van der Waals surface area contributed by atoms with E-state index in [1.165, 1.54) is 6.07 Å². The molecule has 1 aromatic rings. The predicted molar refractivity (Wildman–Crippen MR) is 70.5 cm³/mol. The Kier molecular flexibility index (Phi) is 5.78. The van der Waals surface area contributed by atoms with E-state index in [0.717, 1.165) is 0 Å². The van der Waals surface area contributed by atoms with Crippen LogP contribution in [-0.4, -0.2) is 18.5 Å². The molecule has 0 fully saturated rings. The van der Waals surface area contributed by atoms with Crippen molar-refractivity contribution in [1.82, 2.24) is 5.32 Å². The van der Waals surface area contributed by atoms with E-state index in [9.17, 15) is 9.18 Å². The maximum atomic E-state index is 13.3. The van der Waals surface area contributed by atoms with Crippen LogP contribution in [0.1, 0.15) is 25.8 Å². The molecule has 3 N–H and O–H groups in total. The van der Waals surface area contributed by atoms with Gasteiger partial charge in [-0.3, -0.25) is 4.79 Å². The lowest BCUT2D eigenvalue weighted by atomic mass is 10.0. The maximum absolute atomic E-state index is 13.3. The number of halogens is 1. The van der Waals surface area contributed by atoms with Gasteiger partial charge in [0.25, 0.3) is 0 Å². The van der Waals surface area contributed by atoms with Crippen molar-refractivity contribution in [3.05, 3.63) is 35.6 Å². The topological polar surface area (TPSA) is 55.1 Å². The second kappa shape index (κ2) is 7.11. The summed E-state index contributed by atoms with van der Waals surface area (Å²) >= 11 is 0. The molecule has 3 nitrogen and oxygen atoms in total. The van der Waals surface area contributed by atoms with Gasteiger partial charge in [0.05, 0.1) is 6.04 Å². The Bertz CT molecular complexity index is 393. The lowest BCUT2D eigenvalue weighted by Gasteiger charge is -2.14. The van der Waals surface area contributed by atoms with Crippen LogP contribution in [0.4, 0.5) is 4.39 Å². The average molecular weight is 252 g/mol. The molecular weight excluding hydrogens is 231 g/mol. The van der Waals surface area contributed by atoms with Gasteiger partial charge in [0, 0.05) is 6.54 Å². The largest absolute Gasteiger partial charge is 0.354 e. The van der Waals surface area contributed by atoms with Gasteiger partial charge in [-0.25, -0.2) is 4.39 Å². The number of hydrogen-bond acceptors (Lipinski definition) is 2. The molecule has 1 rings (SSSR count). The molecule has 0 radical (unpaired) electrons. The van der Waals surface area contributed by atoms with E-state index in [0.29, 0.717) is 30.9 Å². The fourth-order valence-electron chi connectivity index (χ4n) is 1.77. The lowest BCUT2D eigenvalue weighted by molar-refractivity contribution is -0.122. The number of hydrogen-bond donors (Lipinski definition) is 2. The molecule has 0 aliphatic rings. The van der Waals surface area contributed by atoms with Crippen LogP contribution in [0.25, 0.3) is 0 Å². The van der Waals surface area contributed by atoms with E-state index in [1.807, 2.05) is 13.8 Å². The Morgan fingerprint density at radius 2 is 2.06 bits per heavy atom. The van der Waals surface area contributed by atoms with Gasteiger partial charge in [0.1, 0.15) is 5.82 Å². The zero-order chi connectivity index (χ0) is 13.5. The average Bonchev–Trinajstić information content (AvgIpc) is 2.30. The fraction of sp³-hybridized carbons (Fsp3) is 0.500. The monoisotopic (exact) mass is 252 g/mol. The first-order valence-corrected chi connectivity index (χ1v) is 6.27. The number of benzene rings is 1. The highest BCUT2D eigenvalue weighted by Crippen LogP contribution is 2.06. The summed E-state index contributed by atoms with van der Waals surface area (Å²) in [6.07, 6.45) is 1.14. The van der Waals surface area contributed by atoms with Crippen molar-refractivity contribution < 1.29 is 9.18 Å². The van der Waals surface area contributed by atoms with E-state index in [1.54, 1.807) is 18.2 Å². The molecule has 100 valence electrons. The van der Waals surface area contributed by atoms with Crippen LogP contribution >= 0.6 is 0 Å². The Labute approximate surface area is 108 Å². The van der Waals surface area contributed by atoms with Crippen LogP contribution in [0.15, 0.2) is 24.3 Å². The van der Waals surface area contributed by atoms with Crippen LogP contribution in [0.3, 0.4) is 0 Å². The summed E-state index contributed by atoms with van der Waals surface area (Å²) in [5.41, 5.74) is 6.35. The number of carbonyl (C=O) groups excluding carboxylic acids is 1. The molecule has 0 heterocycles. The van der Waals surface area contributed by atoms with Gasteiger partial charge in [-0.15, -0.1) is 0 Å². The summed E-state index contributed by atoms with van der Waals surface area (Å²) in [6.45, 7) is 4.45. The Balaban J connectivity index is 2.34. The quantitative estimate of drug-likeness (QED) is 0.812. The highest BCUT2D eigenvalue weighted by molar-refractivity contribution is 5.81. The van der Waals surface area contributed by atoms with Gasteiger partial charge in [-0.2, -0.15) is 0 Å². The molecule has 0 spiro atoms. The minimum atomic E-state index is -0.481. The minimum absolute atomic E-state index is 0.167. The molecule has 0 aliphatic carbocycles. The predicted octanol–water partition coefficient (Wildman–Crippen LogP) is 1.86. The Morgan fingerprint density at radius 3 is 2.67 bits per heavy atom. The SMILES string of the molecule is CC(C)C[C@@H](N)C(=O)NCCc1ccccc1F. The zero-order valence-corrected chi connectivity index (χ0v) is 10.9. The van der Waals surface area contributed by atoms with Crippen molar-refractivity contribution in [3.63, 3.8) is 0 Å². The first-order valence-electron chi connectivity index (χ1n) is 6.27. The third-order valence-electron chi connectivity index (χ3n) is 2.71. The van der Waals surface area contributed by atoms with Crippen molar-refractivity contribution in [2.24, 2.45) is 11.7 Å². The highest BCUT2D eigenvalue weighted by atomic mass is 19.1. The summed E-state index contributed by atoms with van der Waals surface area (Å²) in [4.78, 5) is 11.6. The highest BCUT2D eigenvalue weighted by Gasteiger charge is 2.14. The minimum Gasteiger partial charge on any atom is -0.354 e. The molecule has 0 bridgehead atoms. The van der Waals surface area contributed by atoms with Crippen molar-refractivity contribution in [3.8, 4) is 0 Å². The third kappa shape index (κ3) is 4.84. The number of carbonyl (C=O) groups is 1. The van der Waals surface area contributed by atoms with E-state index in [4.69, 9.17) is 5.73 Å². The molecule has 1 atom stereocenters. The summed E-state index contributed by atoms with van der Waals surface area (Å²) in [7, 11) is 0. The van der Waals surface area contributed by atoms with Gasteiger partial charge < -0.3 is 11.1 Å². The smallest absolute Gasteiger partial charge is 0.236 e. The molecule has 0 saturated carbocycles. The van der Waals surface area contributed by atoms with E-state index in [-0.39, 0.29) is 11.7 Å². The Hall–Kier alpha value is -1.42. The van der Waals surface area contributed by atoms with Gasteiger partial charge in [0.15, 0.2) is 0 Å². The second-order valence-electron chi connectivity index (χ2n) is 4.87. The molecule has 1 amide bonds. The van der Waals surface area contributed by atoms with Gasteiger partial charge in [0.2, 0.25) is 5.91 Å². The molecule has 0 saturated heterocycles. The maximum Gasteiger partial charge on any atom is 0.236 e. The normalized spacial score (nSPS) is 12.5. The lowest BCUT2D eigenvalue weighted by Crippen LogP contribution is -2.42. The molecular formula is C14H21FN2O. The zero-order valence-electron chi connectivity index (χ0n) is 10.9. The fourth-order valence-corrected chi connectivity index (χ4v) is 1.77. The van der Waals surface area contributed by atoms with E-state index < -0.39 is 6.04 Å². The number of nitrogens with two attached hydrogens (primary N) is 1. The van der Waals surface area contributed by atoms with Crippen molar-refractivity contribution in [1.29, 1.82) is 0 Å². The van der Waals surface area contributed by atoms with Crippen LogP contribution in [0, 0.1) is 11.7 Å². The molecule has 0 aromatic heterocycles. The summed E-state index contributed by atoms with van der Waals surface area (Å²) in [5, 5.41) is 2.73. The second-order valence-corrected chi connectivity index (χ2v) is 4.87. The number of amides is 1. The number of rotatable bonds is 6. The van der Waals surface area contributed by atoms with Crippen LogP contribution in [0.5, 0.6) is 0 Å².